The van der Waals surface area contributed by atoms with Gasteiger partial charge in [0.2, 0.25) is 5.91 Å². The first-order valence-electron chi connectivity index (χ1n) is 5.73. The van der Waals surface area contributed by atoms with Crippen LogP contribution in [0.5, 0.6) is 0 Å². The van der Waals surface area contributed by atoms with Crippen LogP contribution in [-0.4, -0.2) is 26.7 Å². The van der Waals surface area contributed by atoms with Crippen molar-refractivity contribution in [2.45, 2.75) is 37.7 Å². The lowest BCUT2D eigenvalue weighted by Gasteiger charge is -2.18. The van der Waals surface area contributed by atoms with Gasteiger partial charge in [-0.2, -0.15) is 0 Å². The first-order valence-corrected chi connectivity index (χ1v) is 6.61. The molecule has 1 atom stereocenters. The second kappa shape index (κ2) is 6.44. The predicted octanol–water partition coefficient (Wildman–Crippen LogP) is 1.21. The van der Waals surface area contributed by atoms with E-state index in [1.54, 1.807) is 6.20 Å². The molecule has 0 fully saturated rings. The van der Waals surface area contributed by atoms with Gasteiger partial charge in [-0.1, -0.05) is 25.6 Å². The van der Waals surface area contributed by atoms with Crippen molar-refractivity contribution in [1.29, 1.82) is 0 Å². The van der Waals surface area contributed by atoms with E-state index < -0.39 is 11.3 Å². The van der Waals surface area contributed by atoms with Crippen molar-refractivity contribution in [1.82, 2.24) is 14.9 Å². The number of nitrogens with zero attached hydrogens (tertiary/aromatic N) is 2. The Morgan fingerprint density at radius 3 is 2.72 bits per heavy atom. The Morgan fingerprint density at radius 1 is 1.56 bits per heavy atom. The molecule has 0 aliphatic heterocycles. The van der Waals surface area contributed by atoms with E-state index in [-0.39, 0.29) is 11.8 Å². The molecule has 0 saturated carbocycles. The van der Waals surface area contributed by atoms with Crippen LogP contribution >= 0.6 is 11.8 Å². The summed E-state index contributed by atoms with van der Waals surface area (Å²) in [6, 6.07) is -0.829. The van der Waals surface area contributed by atoms with Crippen molar-refractivity contribution in [3.8, 4) is 0 Å². The summed E-state index contributed by atoms with van der Waals surface area (Å²) < 4.78 is 1.94. The van der Waals surface area contributed by atoms with E-state index in [4.69, 9.17) is 5.73 Å². The molecule has 0 radical (unpaired) electrons. The van der Waals surface area contributed by atoms with Crippen molar-refractivity contribution in [2.75, 3.05) is 0 Å². The van der Waals surface area contributed by atoms with Crippen LogP contribution < -0.4 is 11.1 Å². The number of aryl methyl sites for hydroxylation is 1. The van der Waals surface area contributed by atoms with Gasteiger partial charge >= 0.3 is 6.03 Å². The number of hydrogen-bond donors (Lipinski definition) is 2. The maximum absolute atomic E-state index is 11.9. The van der Waals surface area contributed by atoms with Crippen LogP contribution in [0.3, 0.4) is 0 Å². The number of nitrogens with one attached hydrogen (secondary N) is 1. The highest BCUT2D eigenvalue weighted by molar-refractivity contribution is 8.00. The van der Waals surface area contributed by atoms with Crippen LogP contribution in [0.25, 0.3) is 0 Å². The monoisotopic (exact) mass is 270 g/mol. The molecular weight excluding hydrogens is 252 g/mol. The fraction of sp³-hybridized carbons (Fsp3) is 0.545. The summed E-state index contributed by atoms with van der Waals surface area (Å²) in [6.07, 6.45) is 3.54. The number of aromatic nitrogens is 2. The molecule has 18 heavy (non-hydrogen) atoms. The van der Waals surface area contributed by atoms with Gasteiger partial charge in [-0.25, -0.2) is 9.78 Å². The standard InChI is InChI=1S/C11H18N4O2S/c1-4-15-6-5-13-11(15)18-8(7(2)3)9(16)14-10(12)17/h5-8H,4H2,1-3H3,(H3,12,14,16,17). The average Bonchev–Trinajstić information content (AvgIpc) is 2.71. The maximum Gasteiger partial charge on any atom is 0.318 e. The normalized spacial score (nSPS) is 12.4. The van der Waals surface area contributed by atoms with Gasteiger partial charge in [0.05, 0.1) is 5.25 Å². The molecule has 1 unspecified atom stereocenters. The highest BCUT2D eigenvalue weighted by atomic mass is 32.2. The Labute approximate surface area is 110 Å². The van der Waals surface area contributed by atoms with Crippen LogP contribution in [0.1, 0.15) is 20.8 Å². The molecule has 0 aliphatic carbocycles. The molecule has 0 bridgehead atoms. The molecular formula is C11H18N4O2S. The van der Waals surface area contributed by atoms with E-state index in [0.717, 1.165) is 11.7 Å². The van der Waals surface area contributed by atoms with Gasteiger partial charge in [0.15, 0.2) is 5.16 Å². The lowest BCUT2D eigenvalue weighted by Crippen LogP contribution is -2.42. The number of imide groups is 1. The number of thioether (sulfide) groups is 1. The van der Waals surface area contributed by atoms with Gasteiger partial charge in [-0.15, -0.1) is 0 Å². The fourth-order valence-electron chi connectivity index (χ4n) is 1.45. The Balaban J connectivity index is 2.81. The molecule has 0 aromatic carbocycles. The Hall–Kier alpha value is -1.50. The first kappa shape index (κ1) is 14.6. The molecule has 1 aromatic rings. The predicted molar refractivity (Wildman–Crippen MR) is 70.1 cm³/mol. The van der Waals surface area contributed by atoms with Gasteiger partial charge in [0, 0.05) is 18.9 Å². The number of hydrogen-bond acceptors (Lipinski definition) is 4. The van der Waals surface area contributed by atoms with E-state index in [2.05, 4.69) is 10.3 Å². The van der Waals surface area contributed by atoms with E-state index in [1.165, 1.54) is 11.8 Å². The summed E-state index contributed by atoms with van der Waals surface area (Å²) in [5.41, 5.74) is 4.96. The molecule has 0 saturated heterocycles. The second-order valence-corrected chi connectivity index (χ2v) is 5.24. The van der Waals surface area contributed by atoms with Crippen LogP contribution in [0.15, 0.2) is 17.6 Å². The van der Waals surface area contributed by atoms with Crippen LogP contribution in [0.4, 0.5) is 4.79 Å². The number of amides is 3. The molecule has 3 N–H and O–H groups in total. The number of carbonyl (C=O) groups is 2. The number of imidazole rings is 1. The van der Waals surface area contributed by atoms with Crippen LogP contribution in [-0.2, 0) is 11.3 Å². The summed E-state index contributed by atoms with van der Waals surface area (Å²) >= 11 is 1.34. The van der Waals surface area contributed by atoms with Crippen molar-refractivity contribution < 1.29 is 9.59 Å². The summed E-state index contributed by atoms with van der Waals surface area (Å²) in [6.45, 7) is 6.61. The number of carbonyl (C=O) groups excluding carboxylic acids is 2. The van der Waals surface area contributed by atoms with Crippen molar-refractivity contribution in [2.24, 2.45) is 11.7 Å². The minimum atomic E-state index is -0.829. The molecule has 6 nitrogen and oxygen atoms in total. The minimum Gasteiger partial charge on any atom is -0.351 e. The highest BCUT2D eigenvalue weighted by Crippen LogP contribution is 2.27. The third-order valence-electron chi connectivity index (χ3n) is 2.36. The average molecular weight is 270 g/mol. The summed E-state index contributed by atoms with van der Waals surface area (Å²) in [7, 11) is 0. The third kappa shape index (κ3) is 3.76. The van der Waals surface area contributed by atoms with Crippen molar-refractivity contribution >= 4 is 23.7 Å². The van der Waals surface area contributed by atoms with Gasteiger partial charge in [-0.3, -0.25) is 10.1 Å². The van der Waals surface area contributed by atoms with E-state index in [0.29, 0.717) is 0 Å². The second-order valence-electron chi connectivity index (χ2n) is 4.13. The summed E-state index contributed by atoms with van der Waals surface area (Å²) in [5, 5.41) is 2.48. The first-order chi connectivity index (χ1) is 8.45. The van der Waals surface area contributed by atoms with Gasteiger partial charge in [0.1, 0.15) is 0 Å². The highest BCUT2D eigenvalue weighted by Gasteiger charge is 2.26. The van der Waals surface area contributed by atoms with Gasteiger partial charge in [0.25, 0.3) is 0 Å². The maximum atomic E-state index is 11.9. The topological polar surface area (TPSA) is 90.0 Å². The smallest absolute Gasteiger partial charge is 0.318 e. The van der Waals surface area contributed by atoms with Gasteiger partial charge in [-0.05, 0) is 12.8 Å². The minimum absolute atomic E-state index is 0.0661. The number of rotatable bonds is 5. The molecule has 100 valence electrons. The van der Waals surface area contributed by atoms with Crippen LogP contribution in [0, 0.1) is 5.92 Å². The molecule has 0 aliphatic rings. The third-order valence-corrected chi connectivity index (χ3v) is 3.92. The Kier molecular flexibility index (Phi) is 5.21. The zero-order chi connectivity index (χ0) is 13.7. The van der Waals surface area contributed by atoms with E-state index in [9.17, 15) is 9.59 Å². The van der Waals surface area contributed by atoms with Gasteiger partial charge < -0.3 is 10.3 Å². The van der Waals surface area contributed by atoms with E-state index in [1.807, 2.05) is 31.5 Å². The molecule has 7 heteroatoms. The fourth-order valence-corrected chi connectivity index (χ4v) is 2.57. The summed E-state index contributed by atoms with van der Waals surface area (Å²) in [5.74, 6) is -0.315. The van der Waals surface area contributed by atoms with E-state index >= 15 is 0 Å². The molecule has 1 rings (SSSR count). The SMILES string of the molecule is CCn1ccnc1SC(C(=O)NC(N)=O)C(C)C. The zero-order valence-corrected chi connectivity index (χ0v) is 11.5. The van der Waals surface area contributed by atoms with Crippen molar-refractivity contribution in [3.63, 3.8) is 0 Å². The number of urea groups is 1. The Morgan fingerprint density at radius 2 is 2.22 bits per heavy atom. The zero-order valence-electron chi connectivity index (χ0n) is 10.7. The van der Waals surface area contributed by atoms with Crippen LogP contribution in [0.2, 0.25) is 0 Å². The largest absolute Gasteiger partial charge is 0.351 e. The quantitative estimate of drug-likeness (QED) is 0.787. The Bertz CT molecular complexity index is 430. The lowest BCUT2D eigenvalue weighted by atomic mass is 10.1. The van der Waals surface area contributed by atoms with Crippen molar-refractivity contribution in [3.05, 3.63) is 12.4 Å². The summed E-state index contributed by atoms with van der Waals surface area (Å²) in [4.78, 5) is 26.8. The lowest BCUT2D eigenvalue weighted by molar-refractivity contribution is -0.120. The molecule has 0 spiro atoms. The number of nitrogens with two attached hydrogens (primary N) is 1. The molecule has 1 heterocycles. The molecule has 1 aromatic heterocycles. The molecule has 3 amide bonds. The number of primary amides is 1.